The van der Waals surface area contributed by atoms with Crippen LogP contribution in [-0.4, -0.2) is 106 Å². The number of rotatable bonds is 5. The van der Waals surface area contributed by atoms with Crippen molar-refractivity contribution >= 4 is 0 Å². The lowest BCUT2D eigenvalue weighted by atomic mass is 9.91. The highest BCUT2D eigenvalue weighted by atomic mass is 16.7. The van der Waals surface area contributed by atoms with Gasteiger partial charge >= 0.3 is 0 Å². The van der Waals surface area contributed by atoms with E-state index in [9.17, 15) is 30.6 Å². The van der Waals surface area contributed by atoms with E-state index < -0.39 is 74.4 Å². The van der Waals surface area contributed by atoms with Crippen LogP contribution in [0, 0.1) is 5.92 Å². The second-order valence-corrected chi connectivity index (χ2v) is 6.11. The Morgan fingerprint density at radius 1 is 0.792 bits per heavy atom. The fourth-order valence-corrected chi connectivity index (χ4v) is 2.96. The van der Waals surface area contributed by atoms with Crippen LogP contribution in [0.3, 0.4) is 0 Å². The average molecular weight is 354 g/mol. The summed E-state index contributed by atoms with van der Waals surface area (Å²) < 4.78 is 21.1. The van der Waals surface area contributed by atoms with Crippen LogP contribution < -0.4 is 0 Å². The van der Waals surface area contributed by atoms with Crippen molar-refractivity contribution in [1.29, 1.82) is 0 Å². The Balaban J connectivity index is 2.12. The van der Waals surface area contributed by atoms with Gasteiger partial charge in [-0.15, -0.1) is 0 Å². The van der Waals surface area contributed by atoms with Gasteiger partial charge in [0, 0.05) is 13.0 Å². The largest absolute Gasteiger partial charge is 0.394 e. The molecule has 0 radical (unpaired) electrons. The minimum absolute atomic E-state index is 0.396. The van der Waals surface area contributed by atoms with Gasteiger partial charge in [0.05, 0.1) is 25.4 Å². The fraction of sp³-hybridized carbons (Fsp3) is 1.00. The average Bonchev–Trinajstić information content (AvgIpc) is 2.59. The number of hydrogen-bond acceptors (Lipinski definition) is 10. The van der Waals surface area contributed by atoms with Crippen molar-refractivity contribution in [1.82, 2.24) is 0 Å². The van der Waals surface area contributed by atoms with Crippen LogP contribution in [0.4, 0.5) is 0 Å². The zero-order valence-corrected chi connectivity index (χ0v) is 13.5. The Morgan fingerprint density at radius 2 is 1.33 bits per heavy atom. The number of hydrogen-bond donors (Lipinski definition) is 6. The van der Waals surface area contributed by atoms with Gasteiger partial charge in [0.25, 0.3) is 0 Å². The monoisotopic (exact) mass is 354 g/mol. The van der Waals surface area contributed by atoms with Crippen molar-refractivity contribution in [2.24, 2.45) is 5.92 Å². The highest BCUT2D eigenvalue weighted by Gasteiger charge is 2.49. The molecule has 2 aliphatic heterocycles. The van der Waals surface area contributed by atoms with Crippen LogP contribution in [0.25, 0.3) is 0 Å². The minimum Gasteiger partial charge on any atom is -0.394 e. The van der Waals surface area contributed by atoms with Crippen LogP contribution in [0.5, 0.6) is 0 Å². The normalized spacial score (nSPS) is 50.0. The van der Waals surface area contributed by atoms with Gasteiger partial charge in [-0.3, -0.25) is 0 Å². The molecule has 2 fully saturated rings. The first kappa shape index (κ1) is 19.9. The van der Waals surface area contributed by atoms with E-state index in [1.807, 2.05) is 0 Å². The highest BCUT2D eigenvalue weighted by molar-refractivity contribution is 4.93. The van der Waals surface area contributed by atoms with E-state index in [0.29, 0.717) is 0 Å². The van der Waals surface area contributed by atoms with Crippen molar-refractivity contribution < 1.29 is 49.6 Å². The van der Waals surface area contributed by atoms with Gasteiger partial charge in [0.2, 0.25) is 0 Å². The second-order valence-electron chi connectivity index (χ2n) is 6.11. The van der Waals surface area contributed by atoms with Gasteiger partial charge in [0.1, 0.15) is 30.5 Å². The van der Waals surface area contributed by atoms with Gasteiger partial charge in [-0.25, -0.2) is 0 Å². The Morgan fingerprint density at radius 3 is 1.88 bits per heavy atom. The molecule has 24 heavy (non-hydrogen) atoms. The minimum atomic E-state index is -1.49. The van der Waals surface area contributed by atoms with Crippen molar-refractivity contribution in [2.45, 2.75) is 62.2 Å². The molecule has 0 aromatic heterocycles. The summed E-state index contributed by atoms with van der Waals surface area (Å²) in [5.74, 6) is -0.533. The van der Waals surface area contributed by atoms with E-state index in [1.165, 1.54) is 7.11 Å². The molecule has 0 aromatic rings. The highest BCUT2D eigenvalue weighted by Crippen LogP contribution is 2.31. The lowest BCUT2D eigenvalue weighted by Crippen LogP contribution is -2.63. The molecular weight excluding hydrogens is 328 g/mol. The van der Waals surface area contributed by atoms with Crippen molar-refractivity contribution in [3.63, 3.8) is 0 Å². The zero-order chi connectivity index (χ0) is 18.0. The number of aliphatic hydroxyl groups is 6. The molecule has 0 amide bonds. The Labute approximate surface area is 139 Å². The molecule has 10 atom stereocenters. The summed E-state index contributed by atoms with van der Waals surface area (Å²) in [7, 11) is 1.27. The van der Waals surface area contributed by atoms with Crippen LogP contribution in [-0.2, 0) is 18.9 Å². The summed E-state index contributed by atoms with van der Waals surface area (Å²) in [6.07, 6.45) is -11.2. The van der Waals surface area contributed by atoms with E-state index in [-0.39, 0.29) is 0 Å². The molecule has 2 rings (SSSR count). The van der Waals surface area contributed by atoms with Gasteiger partial charge in [-0.05, 0) is 0 Å². The summed E-state index contributed by atoms with van der Waals surface area (Å²) in [4.78, 5) is 0. The molecule has 2 heterocycles. The first-order chi connectivity index (χ1) is 11.3. The van der Waals surface area contributed by atoms with E-state index in [0.717, 1.165) is 0 Å². The SMILES string of the molecule is CO[C@H]1O[C@H](CO)[C@@H](O[C@@H]2OC(CO)[C@H](C)[C@H](O)C2O)C(O)C1O. The standard InChI is InChI=1S/C14H26O10/c1-5-6(3-15)22-14(10(19)8(5)17)24-12-7(4-16)23-13(21-2)11(20)9(12)18/h5-20H,3-4H2,1-2H3/t5-,6?,7+,8-,9?,10?,11?,12+,13-,14-/m0/s1. The molecule has 0 aliphatic carbocycles. The van der Waals surface area contributed by atoms with Crippen LogP contribution in [0.1, 0.15) is 6.92 Å². The maximum absolute atomic E-state index is 10.2. The molecule has 2 saturated heterocycles. The zero-order valence-electron chi connectivity index (χ0n) is 13.5. The lowest BCUT2D eigenvalue weighted by Gasteiger charge is -2.46. The molecule has 0 bridgehead atoms. The third-order valence-corrected chi connectivity index (χ3v) is 4.59. The molecule has 4 unspecified atom stereocenters. The van der Waals surface area contributed by atoms with Gasteiger partial charge < -0.3 is 49.6 Å². The molecule has 2 aliphatic rings. The summed E-state index contributed by atoms with van der Waals surface area (Å²) in [6.45, 7) is 0.666. The number of methoxy groups -OCH3 is 1. The van der Waals surface area contributed by atoms with Gasteiger partial charge in [-0.2, -0.15) is 0 Å². The maximum atomic E-state index is 10.2. The predicted octanol–water partition coefficient (Wildman–Crippen LogP) is -3.47. The van der Waals surface area contributed by atoms with Crippen LogP contribution in [0.2, 0.25) is 0 Å². The predicted molar refractivity (Wildman–Crippen MR) is 76.6 cm³/mol. The molecule has 0 spiro atoms. The van der Waals surface area contributed by atoms with Crippen LogP contribution in [0.15, 0.2) is 0 Å². The van der Waals surface area contributed by atoms with Gasteiger partial charge in [-0.1, -0.05) is 6.92 Å². The third-order valence-electron chi connectivity index (χ3n) is 4.59. The maximum Gasteiger partial charge on any atom is 0.187 e. The van der Waals surface area contributed by atoms with Crippen LogP contribution >= 0.6 is 0 Å². The number of ether oxygens (including phenoxy) is 4. The van der Waals surface area contributed by atoms with E-state index >= 15 is 0 Å². The second kappa shape index (κ2) is 8.32. The molecule has 0 saturated carbocycles. The van der Waals surface area contributed by atoms with E-state index in [1.54, 1.807) is 6.92 Å². The first-order valence-corrected chi connectivity index (χ1v) is 7.78. The fourth-order valence-electron chi connectivity index (χ4n) is 2.96. The smallest absolute Gasteiger partial charge is 0.187 e. The van der Waals surface area contributed by atoms with E-state index in [2.05, 4.69) is 0 Å². The van der Waals surface area contributed by atoms with Crippen molar-refractivity contribution in [3.8, 4) is 0 Å². The molecule has 142 valence electrons. The van der Waals surface area contributed by atoms with Crippen molar-refractivity contribution in [3.05, 3.63) is 0 Å². The molecule has 0 aromatic carbocycles. The summed E-state index contributed by atoms with van der Waals surface area (Å²) in [5.41, 5.74) is 0. The Hall–Kier alpha value is -0.400. The third kappa shape index (κ3) is 3.73. The first-order valence-electron chi connectivity index (χ1n) is 7.78. The van der Waals surface area contributed by atoms with E-state index in [4.69, 9.17) is 18.9 Å². The Bertz CT molecular complexity index is 392. The molecular formula is C14H26O10. The topological polar surface area (TPSA) is 158 Å². The molecule has 6 N–H and O–H groups in total. The quantitative estimate of drug-likeness (QED) is 0.293. The molecule has 10 nitrogen and oxygen atoms in total. The number of aliphatic hydroxyl groups excluding tert-OH is 6. The lowest BCUT2D eigenvalue weighted by molar-refractivity contribution is -0.353. The molecule has 10 heteroatoms. The summed E-state index contributed by atoms with van der Waals surface area (Å²) in [6, 6.07) is 0. The summed E-state index contributed by atoms with van der Waals surface area (Å²) >= 11 is 0. The van der Waals surface area contributed by atoms with Crippen molar-refractivity contribution in [2.75, 3.05) is 20.3 Å². The summed E-state index contributed by atoms with van der Waals surface area (Å²) in [5, 5.41) is 59.0. The Kier molecular flexibility index (Phi) is 6.90. The van der Waals surface area contributed by atoms with Gasteiger partial charge in [0.15, 0.2) is 12.6 Å².